The zero-order chi connectivity index (χ0) is 14.8. The number of benzene rings is 1. The van der Waals surface area contributed by atoms with E-state index in [9.17, 15) is 4.79 Å². The van der Waals surface area contributed by atoms with Crippen LogP contribution >= 0.6 is 0 Å². The quantitative estimate of drug-likeness (QED) is 0.607. The fraction of sp³-hybridized carbons (Fsp3) is 0.308. The Bertz CT molecular complexity index is 580. The van der Waals surface area contributed by atoms with Crippen molar-refractivity contribution in [2.45, 2.75) is 5.54 Å². The van der Waals surface area contributed by atoms with Gasteiger partial charge in [-0.25, -0.2) is 4.79 Å². The predicted molar refractivity (Wildman–Crippen MR) is 65.6 cm³/mol. The molecule has 18 heavy (non-hydrogen) atoms. The second kappa shape index (κ2) is 4.60. The van der Waals surface area contributed by atoms with Gasteiger partial charge in [-0.15, -0.1) is 0 Å². The number of hydrogen-bond acceptors (Lipinski definition) is 5. The fourth-order valence-corrected chi connectivity index (χ4v) is 1.88. The van der Waals surface area contributed by atoms with E-state index in [0.29, 0.717) is 11.3 Å². The van der Waals surface area contributed by atoms with E-state index < -0.39 is 18.0 Å². The molecule has 0 amide bonds. The summed E-state index contributed by atoms with van der Waals surface area (Å²) in [5.74, 6) is -0.0258. The van der Waals surface area contributed by atoms with Crippen LogP contribution in [0.5, 0.6) is 5.75 Å². The molecule has 0 saturated carbocycles. The Kier molecular flexibility index (Phi) is 2.51. The molecule has 5 nitrogen and oxygen atoms in total. The topological polar surface area (TPSA) is 60.2 Å². The van der Waals surface area contributed by atoms with Gasteiger partial charge in [0, 0.05) is 0 Å². The van der Waals surface area contributed by atoms with Crippen molar-refractivity contribution in [2.24, 2.45) is 10.2 Å². The molecule has 0 spiro atoms. The number of carbonyl (C=O) groups is 1. The van der Waals surface area contributed by atoms with Gasteiger partial charge in [0.2, 0.25) is 5.54 Å². The smallest absolute Gasteiger partial charge is 0.344 e. The third kappa shape index (κ3) is 1.68. The lowest BCUT2D eigenvalue weighted by Gasteiger charge is -2.23. The lowest BCUT2D eigenvalue weighted by atomic mass is 9.85. The van der Waals surface area contributed by atoms with Crippen molar-refractivity contribution in [1.82, 2.24) is 0 Å². The molecule has 0 saturated heterocycles. The normalized spacial score (nSPS) is 23.3. The Hall–Kier alpha value is -2.17. The second-order valence-electron chi connectivity index (χ2n) is 3.81. The molecule has 2 rings (SSSR count). The molecule has 1 heterocycles. The van der Waals surface area contributed by atoms with Crippen molar-refractivity contribution < 1.29 is 17.0 Å². The summed E-state index contributed by atoms with van der Waals surface area (Å²) in [5.41, 5.74) is -0.826. The van der Waals surface area contributed by atoms with Gasteiger partial charge < -0.3 is 9.47 Å². The van der Waals surface area contributed by atoms with Crippen LogP contribution in [0.3, 0.4) is 0 Å². The van der Waals surface area contributed by atoms with Crippen LogP contribution in [0.25, 0.3) is 0 Å². The molecule has 94 valence electrons. The van der Waals surface area contributed by atoms with Gasteiger partial charge in [0.1, 0.15) is 5.75 Å². The van der Waals surface area contributed by atoms with Crippen LogP contribution < -0.4 is 4.74 Å². The number of ether oxygens (including phenoxy) is 2. The average Bonchev–Trinajstić information content (AvgIpc) is 2.92. The highest BCUT2D eigenvalue weighted by molar-refractivity contribution is 5.87. The first kappa shape index (κ1) is 9.82. The molecule has 0 bridgehead atoms. The van der Waals surface area contributed by atoms with E-state index in [0.717, 1.165) is 0 Å². The summed E-state index contributed by atoms with van der Waals surface area (Å²) in [4.78, 5) is 12.2. The van der Waals surface area contributed by atoms with Crippen LogP contribution in [0.15, 0.2) is 46.6 Å². The molecular weight excluding hydrogens is 232 g/mol. The van der Waals surface area contributed by atoms with Crippen LogP contribution in [-0.4, -0.2) is 26.7 Å². The molecule has 1 aliphatic rings. The Labute approximate surface area is 108 Å². The summed E-state index contributed by atoms with van der Waals surface area (Å²) in [6.07, 6.45) is 0. The van der Waals surface area contributed by atoms with Crippen molar-refractivity contribution in [1.29, 1.82) is 0 Å². The number of carbonyl (C=O) groups excluding carboxylic acids is 1. The molecule has 0 aliphatic carbocycles. The van der Waals surface area contributed by atoms with Crippen molar-refractivity contribution in [3.05, 3.63) is 41.9 Å². The van der Waals surface area contributed by atoms with Gasteiger partial charge in [0.05, 0.1) is 23.5 Å². The Morgan fingerprint density at radius 1 is 1.44 bits per heavy atom. The summed E-state index contributed by atoms with van der Waals surface area (Å²) in [7, 11) is 2.78. The molecule has 0 aromatic heterocycles. The van der Waals surface area contributed by atoms with E-state index in [2.05, 4.69) is 10.2 Å². The molecule has 1 aromatic carbocycles. The SMILES string of the molecule is [2H]C([2H])=C1CN=NC1(C(=O)OC)c1ccc(OC)cc1. The average molecular weight is 248 g/mol. The molecule has 1 aliphatic heterocycles. The standard InChI is InChI=1S/C13H14N2O3/c1-9-8-14-15-13(9,12(16)18-3)10-4-6-11(17-2)7-5-10/h4-7H,1,8H2,2-3H3/i1D2. The maximum Gasteiger partial charge on any atom is 0.344 e. The summed E-state index contributed by atoms with van der Waals surface area (Å²) < 4.78 is 24.9. The van der Waals surface area contributed by atoms with Gasteiger partial charge in [-0.1, -0.05) is 18.7 Å². The van der Waals surface area contributed by atoms with E-state index in [-0.39, 0.29) is 12.1 Å². The van der Waals surface area contributed by atoms with Crippen LogP contribution in [0.2, 0.25) is 0 Å². The number of azo groups is 1. The van der Waals surface area contributed by atoms with Crippen LogP contribution in [0.1, 0.15) is 8.30 Å². The minimum absolute atomic E-state index is 0.0451. The van der Waals surface area contributed by atoms with E-state index in [4.69, 9.17) is 12.2 Å². The van der Waals surface area contributed by atoms with Crippen molar-refractivity contribution >= 4 is 5.97 Å². The highest BCUT2D eigenvalue weighted by Crippen LogP contribution is 2.39. The van der Waals surface area contributed by atoms with Gasteiger partial charge in [-0.2, -0.15) is 10.2 Å². The van der Waals surface area contributed by atoms with Crippen molar-refractivity contribution in [3.8, 4) is 5.75 Å². The number of rotatable bonds is 3. The summed E-state index contributed by atoms with van der Waals surface area (Å²) in [6.45, 7) is -0.431. The Morgan fingerprint density at radius 2 is 2.17 bits per heavy atom. The zero-order valence-electron chi connectivity index (χ0n) is 12.1. The maximum atomic E-state index is 12.2. The largest absolute Gasteiger partial charge is 0.497 e. The molecule has 1 atom stereocenters. The summed E-state index contributed by atoms with van der Waals surface area (Å²) in [5, 5.41) is 7.80. The zero-order valence-corrected chi connectivity index (χ0v) is 10.1. The first-order chi connectivity index (χ1) is 9.56. The fourth-order valence-electron chi connectivity index (χ4n) is 1.88. The lowest BCUT2D eigenvalue weighted by molar-refractivity contribution is -0.145. The van der Waals surface area contributed by atoms with Gasteiger partial charge in [-0.3, -0.25) is 0 Å². The molecular formula is C13H14N2O3. The van der Waals surface area contributed by atoms with Crippen molar-refractivity contribution in [2.75, 3.05) is 20.8 Å². The van der Waals surface area contributed by atoms with Gasteiger partial charge in [-0.05, 0) is 23.3 Å². The van der Waals surface area contributed by atoms with E-state index in [1.807, 2.05) is 0 Å². The highest BCUT2D eigenvalue weighted by Gasteiger charge is 2.47. The van der Waals surface area contributed by atoms with Crippen LogP contribution in [-0.2, 0) is 15.1 Å². The second-order valence-corrected chi connectivity index (χ2v) is 3.81. The number of nitrogens with zero attached hydrogens (tertiary/aromatic N) is 2. The first-order valence-electron chi connectivity index (χ1n) is 6.34. The van der Waals surface area contributed by atoms with Crippen LogP contribution in [0, 0.1) is 0 Å². The summed E-state index contributed by atoms with van der Waals surface area (Å²) >= 11 is 0. The monoisotopic (exact) mass is 248 g/mol. The first-order valence-corrected chi connectivity index (χ1v) is 5.34. The van der Waals surface area contributed by atoms with Crippen molar-refractivity contribution in [3.63, 3.8) is 0 Å². The van der Waals surface area contributed by atoms with Gasteiger partial charge in [0.25, 0.3) is 0 Å². The number of esters is 1. The molecule has 1 aromatic rings. The molecule has 0 radical (unpaired) electrons. The lowest BCUT2D eigenvalue weighted by Crippen LogP contribution is -2.35. The van der Waals surface area contributed by atoms with E-state index in [1.165, 1.54) is 14.2 Å². The summed E-state index contributed by atoms with van der Waals surface area (Å²) in [6, 6.07) is 6.67. The molecule has 0 N–H and O–H groups in total. The van der Waals surface area contributed by atoms with Gasteiger partial charge >= 0.3 is 5.97 Å². The van der Waals surface area contributed by atoms with Crippen LogP contribution in [0.4, 0.5) is 0 Å². The third-order valence-electron chi connectivity index (χ3n) is 2.87. The molecule has 5 heteroatoms. The maximum absolute atomic E-state index is 12.2. The predicted octanol–water partition coefficient (Wildman–Crippen LogP) is 2.09. The molecule has 0 fully saturated rings. The minimum Gasteiger partial charge on any atom is -0.497 e. The van der Waals surface area contributed by atoms with E-state index >= 15 is 0 Å². The third-order valence-corrected chi connectivity index (χ3v) is 2.87. The number of hydrogen-bond donors (Lipinski definition) is 0. The van der Waals surface area contributed by atoms with E-state index in [1.54, 1.807) is 24.3 Å². The number of methoxy groups -OCH3 is 2. The molecule has 1 unspecified atom stereocenters. The Morgan fingerprint density at radius 3 is 2.72 bits per heavy atom. The Balaban J connectivity index is 2.61. The minimum atomic E-state index is -1.53. The van der Waals surface area contributed by atoms with Gasteiger partial charge in [0.15, 0.2) is 0 Å². The highest BCUT2D eigenvalue weighted by atomic mass is 16.5.